The van der Waals surface area contributed by atoms with Gasteiger partial charge in [-0.3, -0.25) is 0 Å². The molecule has 256 valence electrons. The number of rotatable bonds is 7. The normalized spacial score (nSPS) is 14.4. The van der Waals surface area contributed by atoms with Gasteiger partial charge >= 0.3 is 0 Å². The highest BCUT2D eigenvalue weighted by Crippen LogP contribution is 2.52. The first-order chi connectivity index (χ1) is 26.8. The second-order valence-corrected chi connectivity index (χ2v) is 14.0. The van der Waals surface area contributed by atoms with Crippen LogP contribution in [0.4, 0.5) is 17.1 Å². The van der Waals surface area contributed by atoms with Crippen LogP contribution < -0.4 is 9.64 Å². The topological polar surface area (TPSA) is 12.5 Å². The Balaban J connectivity index is 1.00. The van der Waals surface area contributed by atoms with Crippen molar-refractivity contribution in [3.63, 3.8) is 0 Å². The van der Waals surface area contributed by atoms with Gasteiger partial charge in [0.25, 0.3) is 0 Å². The van der Waals surface area contributed by atoms with Crippen LogP contribution in [0, 0.1) is 0 Å². The molecule has 8 aromatic rings. The lowest BCUT2D eigenvalue weighted by atomic mass is 9.84. The van der Waals surface area contributed by atoms with Crippen LogP contribution in [0.5, 0.6) is 5.75 Å². The molecule has 0 spiro atoms. The van der Waals surface area contributed by atoms with Gasteiger partial charge in [0.15, 0.2) is 0 Å². The van der Waals surface area contributed by atoms with Gasteiger partial charge < -0.3 is 9.64 Å². The van der Waals surface area contributed by atoms with E-state index in [9.17, 15) is 0 Å². The van der Waals surface area contributed by atoms with Crippen molar-refractivity contribution < 1.29 is 4.74 Å². The highest BCUT2D eigenvalue weighted by Gasteiger charge is 2.35. The van der Waals surface area contributed by atoms with E-state index in [0.29, 0.717) is 0 Å². The molecule has 1 unspecified atom stereocenters. The molecule has 2 nitrogen and oxygen atoms in total. The summed E-state index contributed by atoms with van der Waals surface area (Å²) in [5, 5.41) is 2.52. The first-order valence-electron chi connectivity index (χ1n) is 18.7. The fourth-order valence-corrected chi connectivity index (χ4v) is 8.27. The highest BCUT2D eigenvalue weighted by atomic mass is 16.5. The molecular weight excluding hydrogens is 655 g/mol. The summed E-state index contributed by atoms with van der Waals surface area (Å²) in [5.41, 5.74) is 14.0. The lowest BCUT2D eigenvalue weighted by Crippen LogP contribution is -2.09. The molecule has 0 saturated heterocycles. The predicted molar refractivity (Wildman–Crippen MR) is 225 cm³/mol. The minimum atomic E-state index is 0.200. The van der Waals surface area contributed by atoms with Crippen molar-refractivity contribution in [1.82, 2.24) is 0 Å². The Morgan fingerprint density at radius 3 is 1.72 bits per heavy atom. The van der Waals surface area contributed by atoms with Crippen molar-refractivity contribution in [2.75, 3.05) is 4.90 Å². The van der Waals surface area contributed by atoms with Crippen LogP contribution in [0.2, 0.25) is 0 Å². The SMILES string of the molecule is C1=CC(c2ccccc2-c2ccc(N(c3ccccc3)c3ccc(-c4cccc5ccccc45)cc3)cc2)=C2Oc3c(-c4ccccc4)cccc3C2C1. The quantitative estimate of drug-likeness (QED) is 0.165. The van der Waals surface area contributed by atoms with Gasteiger partial charge in [-0.1, -0.05) is 170 Å². The fraction of sp³-hybridized carbons (Fsp3) is 0.0385. The molecule has 2 aliphatic rings. The predicted octanol–water partition coefficient (Wildman–Crippen LogP) is 14.2. The summed E-state index contributed by atoms with van der Waals surface area (Å²) in [6, 6.07) is 69.5. The Bertz CT molecular complexity index is 2690. The molecule has 1 heterocycles. The summed E-state index contributed by atoms with van der Waals surface area (Å²) in [6.45, 7) is 0. The van der Waals surface area contributed by atoms with E-state index >= 15 is 0 Å². The molecule has 0 N–H and O–H groups in total. The van der Waals surface area contributed by atoms with Crippen LogP contribution in [0.25, 0.3) is 49.7 Å². The first-order valence-corrected chi connectivity index (χ1v) is 18.7. The number of anilines is 3. The van der Waals surface area contributed by atoms with Crippen molar-refractivity contribution in [3.8, 4) is 39.1 Å². The maximum atomic E-state index is 6.88. The molecule has 0 amide bonds. The van der Waals surface area contributed by atoms with Crippen molar-refractivity contribution in [2.24, 2.45) is 0 Å². The Kier molecular flexibility index (Phi) is 8.00. The fourth-order valence-electron chi connectivity index (χ4n) is 8.27. The molecule has 10 rings (SSSR count). The van der Waals surface area contributed by atoms with Crippen LogP contribution in [-0.2, 0) is 0 Å². The van der Waals surface area contributed by atoms with Crippen molar-refractivity contribution in [2.45, 2.75) is 12.3 Å². The third-order valence-electron chi connectivity index (χ3n) is 10.9. The number of para-hydroxylation sites is 2. The zero-order valence-electron chi connectivity index (χ0n) is 29.8. The molecule has 0 bridgehead atoms. The third kappa shape index (κ3) is 5.60. The number of ether oxygens (including phenoxy) is 1. The summed E-state index contributed by atoms with van der Waals surface area (Å²) in [4.78, 5) is 2.33. The van der Waals surface area contributed by atoms with Crippen LogP contribution in [0.3, 0.4) is 0 Å². The van der Waals surface area contributed by atoms with Gasteiger partial charge in [0.05, 0.1) is 0 Å². The number of fused-ring (bicyclic) bond motifs is 4. The summed E-state index contributed by atoms with van der Waals surface area (Å²) in [7, 11) is 0. The Labute approximate surface area is 316 Å². The van der Waals surface area contributed by atoms with Crippen molar-refractivity contribution in [1.29, 1.82) is 0 Å². The van der Waals surface area contributed by atoms with E-state index in [1.807, 2.05) is 0 Å². The largest absolute Gasteiger partial charge is 0.459 e. The second kappa shape index (κ2) is 13.6. The molecule has 0 saturated carbocycles. The molecule has 0 fully saturated rings. The van der Waals surface area contributed by atoms with Crippen LogP contribution in [0.15, 0.2) is 212 Å². The van der Waals surface area contributed by atoms with E-state index in [1.165, 1.54) is 44.2 Å². The van der Waals surface area contributed by atoms with E-state index in [1.54, 1.807) is 0 Å². The third-order valence-corrected chi connectivity index (χ3v) is 10.9. The van der Waals surface area contributed by atoms with E-state index in [4.69, 9.17) is 4.74 Å². The van der Waals surface area contributed by atoms with Crippen LogP contribution in [-0.4, -0.2) is 0 Å². The first kappa shape index (κ1) is 31.8. The van der Waals surface area contributed by atoms with Gasteiger partial charge in [-0.15, -0.1) is 0 Å². The van der Waals surface area contributed by atoms with E-state index in [0.717, 1.165) is 51.7 Å². The maximum Gasteiger partial charge on any atom is 0.138 e. The van der Waals surface area contributed by atoms with E-state index in [2.05, 4.69) is 211 Å². The van der Waals surface area contributed by atoms with Gasteiger partial charge in [-0.2, -0.15) is 0 Å². The molecular formula is C52H37NO. The standard InChI is InChI=1S/C52H37NO/c1-3-14-37(15-4-1)46-24-12-26-49-50-27-13-25-48(52(50)54-51(46)49)47-22-10-9-21-45(47)39-30-34-42(35-31-39)53(40-18-5-2-6-19-40)41-32-28-38(29-33-41)44-23-11-17-36-16-7-8-20-43(36)44/h1-26,28-35,50H,27H2. The Morgan fingerprint density at radius 2 is 0.963 bits per heavy atom. The number of nitrogens with zero attached hydrogens (tertiary/aromatic N) is 1. The molecule has 1 atom stereocenters. The van der Waals surface area contributed by atoms with Gasteiger partial charge in [0.1, 0.15) is 11.5 Å². The molecule has 54 heavy (non-hydrogen) atoms. The van der Waals surface area contributed by atoms with Gasteiger partial charge in [0.2, 0.25) is 0 Å². The zero-order valence-corrected chi connectivity index (χ0v) is 29.8. The Hall–Kier alpha value is -6.90. The number of allylic oxidation sites excluding steroid dienone is 4. The second-order valence-electron chi connectivity index (χ2n) is 14.0. The minimum absolute atomic E-state index is 0.200. The van der Waals surface area contributed by atoms with Gasteiger partial charge in [-0.25, -0.2) is 0 Å². The summed E-state index contributed by atoms with van der Waals surface area (Å²) in [5.74, 6) is 2.23. The van der Waals surface area contributed by atoms with Crippen LogP contribution >= 0.6 is 0 Å². The average Bonchev–Trinajstić information content (AvgIpc) is 3.64. The summed E-state index contributed by atoms with van der Waals surface area (Å²) in [6.07, 6.45) is 5.49. The number of benzene rings is 8. The van der Waals surface area contributed by atoms with E-state index < -0.39 is 0 Å². The van der Waals surface area contributed by atoms with Gasteiger partial charge in [0, 0.05) is 39.7 Å². The highest BCUT2D eigenvalue weighted by molar-refractivity contribution is 5.97. The molecule has 8 aromatic carbocycles. The van der Waals surface area contributed by atoms with Gasteiger partial charge in [-0.05, 0) is 87.0 Å². The molecule has 2 heteroatoms. The van der Waals surface area contributed by atoms with Crippen molar-refractivity contribution >= 4 is 33.4 Å². The molecule has 0 radical (unpaired) electrons. The van der Waals surface area contributed by atoms with E-state index in [-0.39, 0.29) is 5.92 Å². The zero-order chi connectivity index (χ0) is 35.8. The minimum Gasteiger partial charge on any atom is -0.459 e. The summed E-state index contributed by atoms with van der Waals surface area (Å²) < 4.78 is 6.88. The lowest BCUT2D eigenvalue weighted by molar-refractivity contribution is 0.430. The molecule has 1 aliphatic heterocycles. The monoisotopic (exact) mass is 691 g/mol. The molecule has 0 aromatic heterocycles. The van der Waals surface area contributed by atoms with Crippen LogP contribution in [0.1, 0.15) is 23.5 Å². The van der Waals surface area contributed by atoms with Crippen molar-refractivity contribution in [3.05, 3.63) is 223 Å². The maximum absolute atomic E-state index is 6.88. The lowest BCUT2D eigenvalue weighted by Gasteiger charge is -2.26. The number of hydrogen-bond donors (Lipinski definition) is 0. The number of hydrogen-bond acceptors (Lipinski definition) is 2. The smallest absolute Gasteiger partial charge is 0.138 e. The molecule has 1 aliphatic carbocycles. The average molecular weight is 692 g/mol. The summed E-state index contributed by atoms with van der Waals surface area (Å²) >= 11 is 0. The Morgan fingerprint density at radius 1 is 0.426 bits per heavy atom.